The van der Waals surface area contributed by atoms with Gasteiger partial charge >= 0.3 is 0 Å². The molecule has 1 heterocycles. The molecule has 24 heavy (non-hydrogen) atoms. The van der Waals surface area contributed by atoms with Crippen molar-refractivity contribution in [3.05, 3.63) is 65.7 Å². The van der Waals surface area contributed by atoms with Gasteiger partial charge in [-0.25, -0.2) is 9.37 Å². The summed E-state index contributed by atoms with van der Waals surface area (Å²) in [6.07, 6.45) is 0.978. The van der Waals surface area contributed by atoms with Gasteiger partial charge in [-0.15, -0.1) is 0 Å². The van der Waals surface area contributed by atoms with Crippen LogP contribution < -0.4 is 5.32 Å². The summed E-state index contributed by atoms with van der Waals surface area (Å²) in [6, 6.07) is 13.2. The Balaban J connectivity index is 1.87. The van der Waals surface area contributed by atoms with E-state index < -0.39 is 0 Å². The fourth-order valence-corrected chi connectivity index (χ4v) is 2.83. The average molecular weight is 325 g/mol. The number of nitrogens with zero attached hydrogens (tertiary/aromatic N) is 2. The van der Waals surface area contributed by atoms with Gasteiger partial charge in [-0.05, 0) is 49.7 Å². The van der Waals surface area contributed by atoms with E-state index in [9.17, 15) is 9.18 Å². The van der Waals surface area contributed by atoms with E-state index in [0.717, 1.165) is 29.8 Å². The van der Waals surface area contributed by atoms with E-state index in [2.05, 4.69) is 21.8 Å². The summed E-state index contributed by atoms with van der Waals surface area (Å²) >= 11 is 0. The van der Waals surface area contributed by atoms with E-state index in [4.69, 9.17) is 0 Å². The Morgan fingerprint density at radius 2 is 1.92 bits per heavy atom. The zero-order chi connectivity index (χ0) is 17.1. The molecule has 0 saturated carbocycles. The monoisotopic (exact) mass is 325 g/mol. The minimum atomic E-state index is -0.357. The van der Waals surface area contributed by atoms with Crippen LogP contribution >= 0.6 is 0 Å². The van der Waals surface area contributed by atoms with Crippen molar-refractivity contribution in [2.24, 2.45) is 0 Å². The fourth-order valence-electron chi connectivity index (χ4n) is 2.83. The van der Waals surface area contributed by atoms with E-state index in [0.29, 0.717) is 5.56 Å². The number of aryl methyl sites for hydroxylation is 1. The molecular weight excluding hydrogens is 305 g/mol. The standard InChI is InChI=1S/C19H20FN3O/c1-3-12-23-17-7-5-4-6-16(17)22-18(23)13(2)21-19(24)14-8-10-15(20)11-9-14/h4-11,13H,3,12H2,1-2H3,(H,21,24)/t13-/m1/s1. The number of fused-ring (bicyclic) bond motifs is 1. The Labute approximate surface area is 140 Å². The molecule has 3 aromatic rings. The summed E-state index contributed by atoms with van der Waals surface area (Å²) in [7, 11) is 0. The maximum Gasteiger partial charge on any atom is 0.251 e. The van der Waals surface area contributed by atoms with Gasteiger partial charge in [-0.3, -0.25) is 4.79 Å². The van der Waals surface area contributed by atoms with Crippen LogP contribution in [-0.2, 0) is 6.54 Å². The Kier molecular flexibility index (Phi) is 4.60. The highest BCUT2D eigenvalue weighted by Crippen LogP contribution is 2.21. The molecule has 1 aromatic heterocycles. The number of aromatic nitrogens is 2. The first-order valence-electron chi connectivity index (χ1n) is 8.11. The largest absolute Gasteiger partial charge is 0.342 e. The first kappa shape index (κ1) is 16.2. The number of carbonyl (C=O) groups excluding carboxylic acids is 1. The molecule has 0 aliphatic rings. The van der Waals surface area contributed by atoms with E-state index >= 15 is 0 Å². The fraction of sp³-hybridized carbons (Fsp3) is 0.263. The second-order valence-electron chi connectivity index (χ2n) is 5.81. The Morgan fingerprint density at radius 3 is 2.62 bits per heavy atom. The summed E-state index contributed by atoms with van der Waals surface area (Å²) < 4.78 is 15.1. The molecule has 0 spiro atoms. The molecule has 124 valence electrons. The molecule has 1 atom stereocenters. The van der Waals surface area contributed by atoms with Crippen LogP contribution in [-0.4, -0.2) is 15.5 Å². The van der Waals surface area contributed by atoms with Gasteiger partial charge in [0.15, 0.2) is 0 Å². The third-order valence-corrected chi connectivity index (χ3v) is 3.97. The molecule has 4 nitrogen and oxygen atoms in total. The summed E-state index contributed by atoms with van der Waals surface area (Å²) in [5.74, 6) is 0.232. The van der Waals surface area contributed by atoms with Gasteiger partial charge in [-0.2, -0.15) is 0 Å². The number of halogens is 1. The van der Waals surface area contributed by atoms with Crippen LogP contribution in [0, 0.1) is 5.82 Å². The van der Waals surface area contributed by atoms with Crippen LogP contribution in [0.15, 0.2) is 48.5 Å². The highest BCUT2D eigenvalue weighted by Gasteiger charge is 2.18. The molecule has 3 rings (SSSR count). The van der Waals surface area contributed by atoms with Crippen molar-refractivity contribution in [3.63, 3.8) is 0 Å². The van der Waals surface area contributed by atoms with E-state index in [1.54, 1.807) is 0 Å². The number of hydrogen-bond donors (Lipinski definition) is 1. The summed E-state index contributed by atoms with van der Waals surface area (Å²) in [5.41, 5.74) is 2.42. The zero-order valence-electron chi connectivity index (χ0n) is 13.8. The van der Waals surface area contributed by atoms with Crippen molar-refractivity contribution in [2.75, 3.05) is 0 Å². The lowest BCUT2D eigenvalue weighted by atomic mass is 10.2. The molecule has 0 unspecified atom stereocenters. The molecule has 1 amide bonds. The number of para-hydroxylation sites is 2. The first-order valence-corrected chi connectivity index (χ1v) is 8.11. The number of carbonyl (C=O) groups is 1. The first-order chi connectivity index (χ1) is 11.6. The van der Waals surface area contributed by atoms with E-state index in [1.807, 2.05) is 31.2 Å². The van der Waals surface area contributed by atoms with Gasteiger partial charge in [-0.1, -0.05) is 19.1 Å². The Hall–Kier alpha value is -2.69. The lowest BCUT2D eigenvalue weighted by Crippen LogP contribution is -2.28. The second kappa shape index (κ2) is 6.83. The smallest absolute Gasteiger partial charge is 0.251 e. The van der Waals surface area contributed by atoms with Crippen LogP contribution in [0.4, 0.5) is 4.39 Å². The highest BCUT2D eigenvalue weighted by molar-refractivity contribution is 5.94. The van der Waals surface area contributed by atoms with Crippen LogP contribution in [0.25, 0.3) is 11.0 Å². The number of rotatable bonds is 5. The Morgan fingerprint density at radius 1 is 1.21 bits per heavy atom. The molecule has 0 aliphatic heterocycles. The van der Waals surface area contributed by atoms with Gasteiger partial charge in [0, 0.05) is 12.1 Å². The number of benzene rings is 2. The van der Waals surface area contributed by atoms with Gasteiger partial charge in [0.05, 0.1) is 17.1 Å². The Bertz CT molecular complexity index is 855. The lowest BCUT2D eigenvalue weighted by molar-refractivity contribution is 0.0937. The minimum absolute atomic E-state index is 0.238. The molecule has 0 aliphatic carbocycles. The quantitative estimate of drug-likeness (QED) is 0.768. The van der Waals surface area contributed by atoms with Crippen molar-refractivity contribution in [1.82, 2.24) is 14.9 Å². The average Bonchev–Trinajstić information content (AvgIpc) is 2.95. The number of nitrogens with one attached hydrogen (secondary N) is 1. The number of amides is 1. The molecule has 2 aromatic carbocycles. The molecule has 1 N–H and O–H groups in total. The third-order valence-electron chi connectivity index (χ3n) is 3.97. The second-order valence-corrected chi connectivity index (χ2v) is 5.81. The van der Waals surface area contributed by atoms with E-state index in [-0.39, 0.29) is 17.8 Å². The van der Waals surface area contributed by atoms with Crippen LogP contribution in [0.5, 0.6) is 0 Å². The topological polar surface area (TPSA) is 46.9 Å². The zero-order valence-corrected chi connectivity index (χ0v) is 13.8. The van der Waals surface area contributed by atoms with Crippen molar-refractivity contribution < 1.29 is 9.18 Å². The molecular formula is C19H20FN3O. The predicted molar refractivity (Wildman–Crippen MR) is 92.3 cm³/mol. The van der Waals surface area contributed by atoms with Crippen LogP contribution in [0.2, 0.25) is 0 Å². The lowest BCUT2D eigenvalue weighted by Gasteiger charge is -2.16. The van der Waals surface area contributed by atoms with Crippen molar-refractivity contribution in [1.29, 1.82) is 0 Å². The van der Waals surface area contributed by atoms with Gasteiger partial charge in [0.2, 0.25) is 0 Å². The molecule has 5 heteroatoms. The summed E-state index contributed by atoms with van der Waals surface area (Å²) in [4.78, 5) is 17.0. The molecule has 0 radical (unpaired) electrons. The summed E-state index contributed by atoms with van der Waals surface area (Å²) in [6.45, 7) is 4.86. The van der Waals surface area contributed by atoms with Gasteiger partial charge in [0.1, 0.15) is 11.6 Å². The molecule has 0 bridgehead atoms. The van der Waals surface area contributed by atoms with Crippen LogP contribution in [0.3, 0.4) is 0 Å². The van der Waals surface area contributed by atoms with Crippen LogP contribution in [0.1, 0.15) is 42.5 Å². The highest BCUT2D eigenvalue weighted by atomic mass is 19.1. The number of hydrogen-bond acceptors (Lipinski definition) is 2. The normalized spacial score (nSPS) is 12.3. The van der Waals surface area contributed by atoms with Gasteiger partial charge < -0.3 is 9.88 Å². The third kappa shape index (κ3) is 3.15. The van der Waals surface area contributed by atoms with Gasteiger partial charge in [0.25, 0.3) is 5.91 Å². The number of imidazole rings is 1. The van der Waals surface area contributed by atoms with Crippen molar-refractivity contribution in [3.8, 4) is 0 Å². The predicted octanol–water partition coefficient (Wildman–Crippen LogP) is 4.08. The molecule has 0 fully saturated rings. The SMILES string of the molecule is CCCn1c([C@@H](C)NC(=O)c2ccc(F)cc2)nc2ccccc21. The maximum atomic E-state index is 13.0. The van der Waals surface area contributed by atoms with E-state index in [1.165, 1.54) is 24.3 Å². The van der Waals surface area contributed by atoms with Crippen molar-refractivity contribution in [2.45, 2.75) is 32.9 Å². The minimum Gasteiger partial charge on any atom is -0.342 e. The summed E-state index contributed by atoms with van der Waals surface area (Å²) in [5, 5.41) is 2.95. The van der Waals surface area contributed by atoms with Crippen molar-refractivity contribution >= 4 is 16.9 Å². The maximum absolute atomic E-state index is 13.0. The molecule has 0 saturated heterocycles.